The molecule has 3 rings (SSSR count). The van der Waals surface area contributed by atoms with Crippen LogP contribution in [0.5, 0.6) is 0 Å². The third-order valence-corrected chi connectivity index (χ3v) is 4.82. The Hall–Kier alpha value is -0.610. The third-order valence-electron chi connectivity index (χ3n) is 4.82. The SMILES string of the molecule is O=C(O)C(C1CC1)N1CCC(N2CCCCC2)C1. The molecule has 18 heavy (non-hydrogen) atoms. The topological polar surface area (TPSA) is 43.8 Å². The van der Waals surface area contributed by atoms with Gasteiger partial charge in [-0.2, -0.15) is 0 Å². The molecule has 3 fully saturated rings. The predicted molar refractivity (Wildman–Crippen MR) is 69.5 cm³/mol. The standard InChI is InChI=1S/C14H24N2O2/c17-14(18)13(11-4-5-11)16-9-6-12(10-16)15-7-2-1-3-8-15/h11-13H,1-10H2,(H,17,18). The van der Waals surface area contributed by atoms with E-state index in [0.717, 1.165) is 32.4 Å². The van der Waals surface area contributed by atoms with Crippen molar-refractivity contribution in [3.63, 3.8) is 0 Å². The molecule has 3 aliphatic rings. The van der Waals surface area contributed by atoms with Gasteiger partial charge in [0.2, 0.25) is 0 Å². The molecule has 2 saturated heterocycles. The molecule has 0 aromatic heterocycles. The average Bonchev–Trinajstić information content (AvgIpc) is 3.07. The third kappa shape index (κ3) is 2.54. The molecule has 1 N–H and O–H groups in total. The number of rotatable bonds is 4. The lowest BCUT2D eigenvalue weighted by molar-refractivity contribution is -0.143. The van der Waals surface area contributed by atoms with Crippen molar-refractivity contribution in [1.29, 1.82) is 0 Å². The Morgan fingerprint density at radius 3 is 2.39 bits per heavy atom. The van der Waals surface area contributed by atoms with E-state index in [1.165, 1.54) is 32.4 Å². The van der Waals surface area contributed by atoms with Gasteiger partial charge in [-0.3, -0.25) is 14.6 Å². The van der Waals surface area contributed by atoms with E-state index in [-0.39, 0.29) is 6.04 Å². The second-order valence-corrected chi connectivity index (χ2v) is 6.15. The first-order chi connectivity index (χ1) is 8.75. The molecule has 1 aliphatic carbocycles. The van der Waals surface area contributed by atoms with Gasteiger partial charge in [0.1, 0.15) is 6.04 Å². The lowest BCUT2D eigenvalue weighted by atomic mass is 10.1. The molecule has 0 aromatic rings. The van der Waals surface area contributed by atoms with Crippen molar-refractivity contribution in [2.75, 3.05) is 26.2 Å². The summed E-state index contributed by atoms with van der Waals surface area (Å²) < 4.78 is 0. The Morgan fingerprint density at radius 2 is 1.78 bits per heavy atom. The average molecular weight is 252 g/mol. The zero-order chi connectivity index (χ0) is 12.5. The highest BCUT2D eigenvalue weighted by Gasteiger charge is 2.43. The van der Waals surface area contributed by atoms with Crippen LogP contribution in [0, 0.1) is 5.92 Å². The van der Waals surface area contributed by atoms with E-state index in [1.807, 2.05) is 0 Å². The fourth-order valence-corrected chi connectivity index (χ4v) is 3.67. The minimum atomic E-state index is -0.600. The molecule has 4 heteroatoms. The highest BCUT2D eigenvalue weighted by Crippen LogP contribution is 2.37. The van der Waals surface area contributed by atoms with Gasteiger partial charge in [0.25, 0.3) is 0 Å². The number of carboxylic acid groups (broad SMARTS) is 1. The molecule has 0 aromatic carbocycles. The maximum Gasteiger partial charge on any atom is 0.321 e. The van der Waals surface area contributed by atoms with E-state index in [1.54, 1.807) is 0 Å². The van der Waals surface area contributed by atoms with Gasteiger partial charge in [0.05, 0.1) is 0 Å². The molecule has 102 valence electrons. The summed E-state index contributed by atoms with van der Waals surface area (Å²) >= 11 is 0. The van der Waals surface area contributed by atoms with Gasteiger partial charge in [0.15, 0.2) is 0 Å². The van der Waals surface area contributed by atoms with Gasteiger partial charge >= 0.3 is 5.97 Å². The van der Waals surface area contributed by atoms with E-state index in [9.17, 15) is 9.90 Å². The molecule has 4 nitrogen and oxygen atoms in total. The number of piperidine rings is 1. The van der Waals surface area contributed by atoms with Gasteiger partial charge in [-0.25, -0.2) is 0 Å². The van der Waals surface area contributed by atoms with E-state index in [2.05, 4.69) is 9.80 Å². The lowest BCUT2D eigenvalue weighted by Crippen LogP contribution is -2.45. The van der Waals surface area contributed by atoms with Gasteiger partial charge in [0, 0.05) is 19.1 Å². The molecule has 0 spiro atoms. The Labute approximate surface area is 109 Å². The van der Waals surface area contributed by atoms with Crippen molar-refractivity contribution >= 4 is 5.97 Å². The van der Waals surface area contributed by atoms with Crippen LogP contribution >= 0.6 is 0 Å². The van der Waals surface area contributed by atoms with Crippen molar-refractivity contribution < 1.29 is 9.90 Å². The molecular weight excluding hydrogens is 228 g/mol. The van der Waals surface area contributed by atoms with Gasteiger partial charge in [-0.05, 0) is 51.1 Å². The number of likely N-dealkylation sites (tertiary alicyclic amines) is 2. The first-order valence-electron chi connectivity index (χ1n) is 7.46. The maximum atomic E-state index is 11.4. The van der Waals surface area contributed by atoms with Crippen LogP contribution < -0.4 is 0 Å². The van der Waals surface area contributed by atoms with Crippen LogP contribution in [0.2, 0.25) is 0 Å². The quantitative estimate of drug-likeness (QED) is 0.821. The van der Waals surface area contributed by atoms with Crippen LogP contribution in [-0.2, 0) is 4.79 Å². The first kappa shape index (κ1) is 12.4. The summed E-state index contributed by atoms with van der Waals surface area (Å²) in [5, 5.41) is 9.39. The van der Waals surface area contributed by atoms with Crippen molar-refractivity contribution in [1.82, 2.24) is 9.80 Å². The molecule has 0 radical (unpaired) electrons. The molecule has 2 atom stereocenters. The van der Waals surface area contributed by atoms with E-state index in [0.29, 0.717) is 12.0 Å². The number of aliphatic carboxylic acids is 1. The Balaban J connectivity index is 1.58. The Bertz CT molecular complexity index is 311. The van der Waals surface area contributed by atoms with Crippen molar-refractivity contribution in [2.45, 2.75) is 50.6 Å². The Kier molecular flexibility index (Phi) is 3.57. The van der Waals surface area contributed by atoms with Gasteiger partial charge < -0.3 is 5.11 Å². The minimum Gasteiger partial charge on any atom is -0.480 e. The minimum absolute atomic E-state index is 0.195. The highest BCUT2D eigenvalue weighted by molar-refractivity contribution is 5.74. The Morgan fingerprint density at radius 1 is 1.06 bits per heavy atom. The van der Waals surface area contributed by atoms with E-state index in [4.69, 9.17) is 0 Å². The molecular formula is C14H24N2O2. The van der Waals surface area contributed by atoms with E-state index < -0.39 is 5.97 Å². The molecule has 2 heterocycles. The molecule has 0 bridgehead atoms. The summed E-state index contributed by atoms with van der Waals surface area (Å²) in [6.45, 7) is 4.40. The van der Waals surface area contributed by atoms with Crippen LogP contribution in [0.4, 0.5) is 0 Å². The van der Waals surface area contributed by atoms with Crippen LogP contribution in [0.1, 0.15) is 38.5 Å². The van der Waals surface area contributed by atoms with Crippen LogP contribution in [0.15, 0.2) is 0 Å². The number of carbonyl (C=O) groups is 1. The second kappa shape index (κ2) is 5.17. The lowest BCUT2D eigenvalue weighted by Gasteiger charge is -2.33. The highest BCUT2D eigenvalue weighted by atomic mass is 16.4. The normalized spacial score (nSPS) is 32.6. The number of hydrogen-bond acceptors (Lipinski definition) is 3. The van der Waals surface area contributed by atoms with Gasteiger partial charge in [-0.15, -0.1) is 0 Å². The van der Waals surface area contributed by atoms with Crippen LogP contribution in [-0.4, -0.2) is 59.1 Å². The zero-order valence-corrected chi connectivity index (χ0v) is 11.1. The summed E-state index contributed by atoms with van der Waals surface area (Å²) in [5.74, 6) is -0.167. The fraction of sp³-hybridized carbons (Fsp3) is 0.929. The summed E-state index contributed by atoms with van der Waals surface area (Å²) in [5.41, 5.74) is 0. The van der Waals surface area contributed by atoms with Crippen LogP contribution in [0.25, 0.3) is 0 Å². The van der Waals surface area contributed by atoms with Gasteiger partial charge in [-0.1, -0.05) is 6.42 Å². The molecule has 2 aliphatic heterocycles. The number of nitrogens with zero attached hydrogens (tertiary/aromatic N) is 2. The molecule has 1 saturated carbocycles. The fourth-order valence-electron chi connectivity index (χ4n) is 3.67. The largest absolute Gasteiger partial charge is 0.480 e. The summed E-state index contributed by atoms with van der Waals surface area (Å²) in [4.78, 5) is 16.2. The second-order valence-electron chi connectivity index (χ2n) is 6.15. The predicted octanol–water partition coefficient (Wildman–Crippen LogP) is 1.41. The molecule has 2 unspecified atom stereocenters. The zero-order valence-electron chi connectivity index (χ0n) is 11.1. The summed E-state index contributed by atoms with van der Waals surface area (Å²) in [6, 6.07) is 0.422. The maximum absolute atomic E-state index is 11.4. The monoisotopic (exact) mass is 252 g/mol. The molecule has 0 amide bonds. The smallest absolute Gasteiger partial charge is 0.321 e. The number of carboxylic acids is 1. The number of hydrogen-bond donors (Lipinski definition) is 1. The van der Waals surface area contributed by atoms with Crippen LogP contribution in [0.3, 0.4) is 0 Å². The first-order valence-corrected chi connectivity index (χ1v) is 7.46. The van der Waals surface area contributed by atoms with Crippen molar-refractivity contribution in [3.8, 4) is 0 Å². The van der Waals surface area contributed by atoms with E-state index >= 15 is 0 Å². The summed E-state index contributed by atoms with van der Waals surface area (Å²) in [7, 11) is 0. The summed E-state index contributed by atoms with van der Waals surface area (Å²) in [6.07, 6.45) is 7.40. The van der Waals surface area contributed by atoms with Crippen molar-refractivity contribution in [3.05, 3.63) is 0 Å². The van der Waals surface area contributed by atoms with Crippen molar-refractivity contribution in [2.24, 2.45) is 5.92 Å².